The Morgan fingerprint density at radius 3 is 2.59 bits per heavy atom. The SMILES string of the molecule is COc1cccc(/C=N/[S@](=O)C(C)(C)C)c1F. The minimum absolute atomic E-state index is 0.149. The van der Waals surface area contributed by atoms with Gasteiger partial charge in [0.15, 0.2) is 11.6 Å². The molecule has 1 aromatic carbocycles. The van der Waals surface area contributed by atoms with Crippen LogP contribution < -0.4 is 4.74 Å². The molecule has 0 unspecified atom stereocenters. The summed E-state index contributed by atoms with van der Waals surface area (Å²) in [4.78, 5) is 0. The summed E-state index contributed by atoms with van der Waals surface area (Å²) >= 11 is 0. The fourth-order valence-corrected chi connectivity index (χ4v) is 1.57. The van der Waals surface area contributed by atoms with Crippen molar-refractivity contribution in [2.45, 2.75) is 25.5 Å². The molecule has 0 amide bonds. The van der Waals surface area contributed by atoms with E-state index in [9.17, 15) is 8.60 Å². The van der Waals surface area contributed by atoms with Crippen molar-refractivity contribution in [2.75, 3.05) is 7.11 Å². The Morgan fingerprint density at radius 1 is 1.41 bits per heavy atom. The van der Waals surface area contributed by atoms with E-state index in [0.29, 0.717) is 0 Å². The van der Waals surface area contributed by atoms with Crippen LogP contribution in [0.25, 0.3) is 0 Å². The zero-order valence-corrected chi connectivity index (χ0v) is 11.2. The molecule has 0 bridgehead atoms. The number of benzene rings is 1. The molecule has 0 aliphatic rings. The Morgan fingerprint density at radius 2 is 2.06 bits per heavy atom. The summed E-state index contributed by atoms with van der Waals surface area (Å²) < 4.78 is 33.6. The highest BCUT2D eigenvalue weighted by Gasteiger charge is 2.18. The van der Waals surface area contributed by atoms with Gasteiger partial charge in [-0.25, -0.2) is 8.60 Å². The summed E-state index contributed by atoms with van der Waals surface area (Å²) in [6.45, 7) is 5.42. The molecule has 0 saturated carbocycles. The molecule has 0 aromatic heterocycles. The number of ether oxygens (including phenoxy) is 1. The van der Waals surface area contributed by atoms with Crippen molar-refractivity contribution in [1.82, 2.24) is 0 Å². The highest BCUT2D eigenvalue weighted by Crippen LogP contribution is 2.19. The van der Waals surface area contributed by atoms with Crippen molar-refractivity contribution in [3.8, 4) is 5.75 Å². The van der Waals surface area contributed by atoms with Gasteiger partial charge in [0.2, 0.25) is 0 Å². The molecule has 1 aromatic rings. The Labute approximate surface area is 103 Å². The molecule has 17 heavy (non-hydrogen) atoms. The second-order valence-electron chi connectivity index (χ2n) is 4.46. The summed E-state index contributed by atoms with van der Waals surface area (Å²) in [5.74, 6) is -0.347. The molecule has 0 aliphatic heterocycles. The predicted octanol–water partition coefficient (Wildman–Crippen LogP) is 2.72. The number of methoxy groups -OCH3 is 1. The van der Waals surface area contributed by atoms with E-state index in [1.807, 2.05) is 20.8 Å². The Balaban J connectivity index is 2.97. The molecule has 0 saturated heterocycles. The zero-order valence-electron chi connectivity index (χ0n) is 10.4. The summed E-state index contributed by atoms with van der Waals surface area (Å²) in [7, 11) is 0.00279. The Bertz CT molecular complexity index is 452. The lowest BCUT2D eigenvalue weighted by atomic mass is 10.2. The summed E-state index contributed by atoms with van der Waals surface area (Å²) in [5, 5.41) is 0. The molecule has 0 N–H and O–H groups in total. The highest BCUT2D eigenvalue weighted by molar-refractivity contribution is 7.85. The first kappa shape index (κ1) is 13.8. The molecular weight excluding hydrogens is 241 g/mol. The smallest absolute Gasteiger partial charge is 0.173 e. The third kappa shape index (κ3) is 3.63. The van der Waals surface area contributed by atoms with Gasteiger partial charge in [-0.15, -0.1) is 0 Å². The van der Waals surface area contributed by atoms with E-state index in [1.54, 1.807) is 12.1 Å². The maximum atomic E-state index is 13.7. The van der Waals surface area contributed by atoms with Crippen molar-refractivity contribution >= 4 is 17.2 Å². The van der Waals surface area contributed by atoms with Gasteiger partial charge in [-0.3, -0.25) is 0 Å². The van der Waals surface area contributed by atoms with Crippen LogP contribution in [-0.2, 0) is 11.0 Å². The fourth-order valence-electron chi connectivity index (χ4n) is 1.05. The molecule has 0 heterocycles. The Hall–Kier alpha value is -1.23. The van der Waals surface area contributed by atoms with E-state index in [1.165, 1.54) is 19.4 Å². The topological polar surface area (TPSA) is 38.7 Å². The van der Waals surface area contributed by atoms with Crippen LogP contribution in [0.15, 0.2) is 22.6 Å². The van der Waals surface area contributed by atoms with E-state index in [0.717, 1.165) is 0 Å². The van der Waals surface area contributed by atoms with Crippen LogP contribution in [0.4, 0.5) is 4.39 Å². The number of rotatable bonds is 3. The zero-order chi connectivity index (χ0) is 13.1. The van der Waals surface area contributed by atoms with Crippen LogP contribution in [0.2, 0.25) is 0 Å². The molecule has 1 rings (SSSR count). The number of hydrogen-bond acceptors (Lipinski definition) is 2. The normalized spacial score (nSPS) is 13.9. The van der Waals surface area contributed by atoms with Crippen molar-refractivity contribution in [1.29, 1.82) is 0 Å². The van der Waals surface area contributed by atoms with Gasteiger partial charge in [-0.2, -0.15) is 4.40 Å². The van der Waals surface area contributed by atoms with Crippen LogP contribution in [0, 0.1) is 5.82 Å². The number of nitrogens with zero attached hydrogens (tertiary/aromatic N) is 1. The molecule has 0 spiro atoms. The van der Waals surface area contributed by atoms with Crippen LogP contribution in [-0.4, -0.2) is 22.3 Å². The lowest BCUT2D eigenvalue weighted by Crippen LogP contribution is -2.19. The van der Waals surface area contributed by atoms with Gasteiger partial charge in [0.1, 0.15) is 11.0 Å². The van der Waals surface area contributed by atoms with Crippen LogP contribution >= 0.6 is 0 Å². The average Bonchev–Trinajstić information content (AvgIpc) is 2.26. The Kier molecular flexibility index (Phi) is 4.40. The standard InChI is InChI=1S/C12H16FNO2S/c1-12(2,3)17(15)14-8-9-6-5-7-10(16-4)11(9)13/h5-8H,1-4H3/b14-8+/t17-/m1/s1. The van der Waals surface area contributed by atoms with Crippen LogP contribution in [0.1, 0.15) is 26.3 Å². The highest BCUT2D eigenvalue weighted by atomic mass is 32.2. The maximum absolute atomic E-state index is 13.7. The lowest BCUT2D eigenvalue weighted by Gasteiger charge is -2.12. The largest absolute Gasteiger partial charge is 0.494 e. The second kappa shape index (κ2) is 5.40. The van der Waals surface area contributed by atoms with Gasteiger partial charge >= 0.3 is 0 Å². The van der Waals surface area contributed by atoms with Gasteiger partial charge in [0.25, 0.3) is 0 Å². The quantitative estimate of drug-likeness (QED) is 0.781. The van der Waals surface area contributed by atoms with E-state index < -0.39 is 21.5 Å². The molecule has 3 nitrogen and oxygen atoms in total. The first-order valence-corrected chi connectivity index (χ1v) is 6.25. The van der Waals surface area contributed by atoms with Crippen molar-refractivity contribution in [2.24, 2.45) is 4.40 Å². The maximum Gasteiger partial charge on any atom is 0.173 e. The summed E-state index contributed by atoms with van der Waals surface area (Å²) in [6, 6.07) is 4.73. The monoisotopic (exact) mass is 257 g/mol. The minimum atomic E-state index is -1.39. The van der Waals surface area contributed by atoms with E-state index in [2.05, 4.69) is 4.40 Å². The first-order chi connectivity index (χ1) is 7.86. The van der Waals surface area contributed by atoms with Crippen molar-refractivity contribution in [3.05, 3.63) is 29.6 Å². The third-order valence-electron chi connectivity index (χ3n) is 2.02. The second-order valence-corrected chi connectivity index (χ2v) is 6.39. The predicted molar refractivity (Wildman–Crippen MR) is 68.4 cm³/mol. The van der Waals surface area contributed by atoms with Gasteiger partial charge < -0.3 is 4.74 Å². The third-order valence-corrected chi connectivity index (χ3v) is 3.37. The van der Waals surface area contributed by atoms with Gasteiger partial charge in [0.05, 0.1) is 11.9 Å². The molecular formula is C12H16FNO2S. The minimum Gasteiger partial charge on any atom is -0.494 e. The van der Waals surface area contributed by atoms with Crippen LogP contribution in [0.3, 0.4) is 0 Å². The van der Waals surface area contributed by atoms with Gasteiger partial charge in [0, 0.05) is 11.8 Å². The molecule has 0 radical (unpaired) electrons. The first-order valence-electron chi connectivity index (χ1n) is 5.15. The lowest BCUT2D eigenvalue weighted by molar-refractivity contribution is 0.386. The molecule has 94 valence electrons. The van der Waals surface area contributed by atoms with Crippen molar-refractivity contribution < 1.29 is 13.3 Å². The summed E-state index contributed by atoms with van der Waals surface area (Å²) in [5.41, 5.74) is 0.266. The average molecular weight is 257 g/mol. The summed E-state index contributed by atoms with van der Waals surface area (Å²) in [6.07, 6.45) is 1.28. The molecule has 1 atom stereocenters. The molecule has 0 fully saturated rings. The van der Waals surface area contributed by atoms with E-state index >= 15 is 0 Å². The van der Waals surface area contributed by atoms with E-state index in [4.69, 9.17) is 4.74 Å². The molecule has 0 aliphatic carbocycles. The van der Waals surface area contributed by atoms with Gasteiger partial charge in [-0.05, 0) is 26.8 Å². The van der Waals surface area contributed by atoms with Gasteiger partial charge in [-0.1, -0.05) is 12.1 Å². The van der Waals surface area contributed by atoms with Crippen LogP contribution in [0.5, 0.6) is 5.75 Å². The molecule has 5 heteroatoms. The van der Waals surface area contributed by atoms with E-state index in [-0.39, 0.29) is 11.3 Å². The van der Waals surface area contributed by atoms with Crippen molar-refractivity contribution in [3.63, 3.8) is 0 Å². The number of hydrogen-bond donors (Lipinski definition) is 0. The number of halogens is 1. The fraction of sp³-hybridized carbons (Fsp3) is 0.417.